The van der Waals surface area contributed by atoms with Crippen LogP contribution in [0.1, 0.15) is 31.7 Å². The minimum atomic E-state index is -0.146. The van der Waals surface area contributed by atoms with Crippen molar-refractivity contribution in [3.05, 3.63) is 29.8 Å². The molecule has 0 aromatic heterocycles. The Bertz CT molecular complexity index is 420. The fraction of sp³-hybridized carbons (Fsp3) is 0.562. The van der Waals surface area contributed by atoms with Crippen molar-refractivity contribution in [1.82, 2.24) is 5.32 Å². The number of carbonyl (C=O) groups excluding carboxylic acids is 1. The smallest absolute Gasteiger partial charge is 0.257 e. The molecule has 1 aromatic rings. The van der Waals surface area contributed by atoms with Gasteiger partial charge in [0.2, 0.25) is 0 Å². The van der Waals surface area contributed by atoms with E-state index in [-0.39, 0.29) is 19.1 Å². The van der Waals surface area contributed by atoms with E-state index in [0.29, 0.717) is 37.8 Å². The van der Waals surface area contributed by atoms with Crippen LogP contribution < -0.4 is 10.1 Å². The number of hydrogen-bond donors (Lipinski definition) is 2. The Morgan fingerprint density at radius 1 is 1.33 bits per heavy atom. The van der Waals surface area contributed by atoms with E-state index in [1.165, 1.54) is 5.56 Å². The van der Waals surface area contributed by atoms with Gasteiger partial charge in [-0.2, -0.15) is 0 Å². The average Bonchev–Trinajstić information content (AvgIpc) is 2.49. The molecule has 0 aliphatic rings. The zero-order valence-corrected chi connectivity index (χ0v) is 12.8. The lowest BCUT2D eigenvalue weighted by Crippen LogP contribution is -2.30. The average molecular weight is 295 g/mol. The van der Waals surface area contributed by atoms with Crippen LogP contribution >= 0.6 is 0 Å². The molecule has 5 nitrogen and oxygen atoms in total. The van der Waals surface area contributed by atoms with Gasteiger partial charge in [0.25, 0.3) is 5.91 Å². The Balaban J connectivity index is 2.19. The zero-order chi connectivity index (χ0) is 15.5. The van der Waals surface area contributed by atoms with Crippen molar-refractivity contribution in [3.63, 3.8) is 0 Å². The van der Waals surface area contributed by atoms with Crippen molar-refractivity contribution in [2.24, 2.45) is 0 Å². The molecule has 21 heavy (non-hydrogen) atoms. The summed E-state index contributed by atoms with van der Waals surface area (Å²) in [7, 11) is 0. The first-order valence-electron chi connectivity index (χ1n) is 7.31. The fourth-order valence-corrected chi connectivity index (χ4v) is 1.73. The molecular weight excluding hydrogens is 270 g/mol. The summed E-state index contributed by atoms with van der Waals surface area (Å²) in [6, 6.07) is 7.79. The molecule has 0 aliphatic carbocycles. The lowest BCUT2D eigenvalue weighted by Gasteiger charge is -2.10. The third-order valence-corrected chi connectivity index (χ3v) is 2.92. The number of aliphatic hydroxyl groups excluding tert-OH is 1. The van der Waals surface area contributed by atoms with Crippen LogP contribution in [0, 0.1) is 0 Å². The van der Waals surface area contributed by atoms with E-state index in [1.54, 1.807) is 0 Å². The first kappa shape index (κ1) is 17.5. The van der Waals surface area contributed by atoms with Crippen molar-refractivity contribution in [3.8, 4) is 5.75 Å². The number of amides is 1. The number of nitrogens with one attached hydrogen (secondary N) is 1. The predicted octanol–water partition coefficient (Wildman–Crippen LogP) is 1.70. The van der Waals surface area contributed by atoms with E-state index in [2.05, 4.69) is 19.2 Å². The molecule has 2 N–H and O–H groups in total. The summed E-state index contributed by atoms with van der Waals surface area (Å²) in [5.41, 5.74) is 1.19. The molecule has 1 rings (SSSR count). The Kier molecular flexibility index (Phi) is 8.47. The van der Waals surface area contributed by atoms with Gasteiger partial charge in [-0.1, -0.05) is 26.0 Å². The van der Waals surface area contributed by atoms with Gasteiger partial charge in [-0.3, -0.25) is 4.79 Å². The van der Waals surface area contributed by atoms with Crippen LogP contribution in [0.3, 0.4) is 0 Å². The number of hydrogen-bond acceptors (Lipinski definition) is 4. The predicted molar refractivity (Wildman–Crippen MR) is 81.6 cm³/mol. The van der Waals surface area contributed by atoms with Crippen LogP contribution in [0.5, 0.6) is 5.75 Å². The normalized spacial score (nSPS) is 10.7. The molecule has 0 saturated heterocycles. The highest BCUT2D eigenvalue weighted by atomic mass is 16.5. The first-order chi connectivity index (χ1) is 10.1. The van der Waals surface area contributed by atoms with Crippen LogP contribution in [0.4, 0.5) is 0 Å². The van der Waals surface area contributed by atoms with E-state index >= 15 is 0 Å². The number of ether oxygens (including phenoxy) is 2. The highest BCUT2D eigenvalue weighted by molar-refractivity contribution is 5.77. The van der Waals surface area contributed by atoms with Gasteiger partial charge in [0.1, 0.15) is 5.75 Å². The quantitative estimate of drug-likeness (QED) is 0.645. The van der Waals surface area contributed by atoms with Crippen LogP contribution in [0.25, 0.3) is 0 Å². The van der Waals surface area contributed by atoms with Gasteiger partial charge in [-0.15, -0.1) is 0 Å². The van der Waals surface area contributed by atoms with Gasteiger partial charge >= 0.3 is 0 Å². The highest BCUT2D eigenvalue weighted by Crippen LogP contribution is 2.19. The second-order valence-corrected chi connectivity index (χ2v) is 5.06. The largest absolute Gasteiger partial charge is 0.484 e. The third-order valence-electron chi connectivity index (χ3n) is 2.92. The van der Waals surface area contributed by atoms with E-state index in [0.717, 1.165) is 0 Å². The maximum Gasteiger partial charge on any atom is 0.257 e. The summed E-state index contributed by atoms with van der Waals surface area (Å²) in [5.74, 6) is 0.996. The van der Waals surface area contributed by atoms with Crippen LogP contribution in [-0.4, -0.2) is 44.0 Å². The number of aliphatic hydroxyl groups is 1. The summed E-state index contributed by atoms with van der Waals surface area (Å²) < 4.78 is 10.6. The third kappa shape index (κ3) is 7.68. The van der Waals surface area contributed by atoms with Gasteiger partial charge in [0, 0.05) is 13.2 Å². The van der Waals surface area contributed by atoms with E-state index in [9.17, 15) is 4.79 Å². The van der Waals surface area contributed by atoms with Crippen molar-refractivity contribution < 1.29 is 19.4 Å². The van der Waals surface area contributed by atoms with Crippen LogP contribution in [-0.2, 0) is 9.53 Å². The molecule has 1 amide bonds. The van der Waals surface area contributed by atoms with Gasteiger partial charge in [0.05, 0.1) is 13.2 Å². The molecule has 0 saturated carbocycles. The van der Waals surface area contributed by atoms with Crippen molar-refractivity contribution >= 4 is 5.91 Å². The minimum absolute atomic E-state index is 0.0129. The summed E-state index contributed by atoms with van der Waals surface area (Å²) in [4.78, 5) is 11.6. The van der Waals surface area contributed by atoms with Gasteiger partial charge in [-0.05, 0) is 30.0 Å². The number of benzene rings is 1. The van der Waals surface area contributed by atoms with Gasteiger partial charge in [-0.25, -0.2) is 0 Å². The van der Waals surface area contributed by atoms with Gasteiger partial charge in [0.15, 0.2) is 6.61 Å². The van der Waals surface area contributed by atoms with E-state index < -0.39 is 0 Å². The Labute approximate surface area is 126 Å². The lowest BCUT2D eigenvalue weighted by atomic mass is 10.0. The maximum absolute atomic E-state index is 11.6. The van der Waals surface area contributed by atoms with Gasteiger partial charge < -0.3 is 19.9 Å². The molecule has 0 atom stereocenters. The monoisotopic (exact) mass is 295 g/mol. The summed E-state index contributed by atoms with van der Waals surface area (Å²) in [5, 5.41) is 11.3. The van der Waals surface area contributed by atoms with Crippen molar-refractivity contribution in [2.75, 3.05) is 33.0 Å². The van der Waals surface area contributed by atoms with Crippen molar-refractivity contribution in [2.45, 2.75) is 26.2 Å². The molecule has 0 bridgehead atoms. The molecule has 1 aromatic carbocycles. The molecule has 0 fully saturated rings. The lowest BCUT2D eigenvalue weighted by molar-refractivity contribution is -0.123. The molecule has 0 heterocycles. The van der Waals surface area contributed by atoms with Crippen LogP contribution in [0.15, 0.2) is 24.3 Å². The summed E-state index contributed by atoms with van der Waals surface area (Å²) >= 11 is 0. The van der Waals surface area contributed by atoms with Crippen LogP contribution in [0.2, 0.25) is 0 Å². The minimum Gasteiger partial charge on any atom is -0.484 e. The molecule has 0 unspecified atom stereocenters. The maximum atomic E-state index is 11.6. The molecule has 5 heteroatoms. The topological polar surface area (TPSA) is 67.8 Å². The molecular formula is C16H25NO4. The highest BCUT2D eigenvalue weighted by Gasteiger charge is 2.04. The van der Waals surface area contributed by atoms with E-state index in [1.807, 2.05) is 24.3 Å². The summed E-state index contributed by atoms with van der Waals surface area (Å²) in [6.07, 6.45) is 0.717. The molecule has 0 aliphatic heterocycles. The SMILES string of the molecule is CC(C)c1cccc(OCC(=O)NCCCOCCO)c1. The Hall–Kier alpha value is -1.59. The summed E-state index contributed by atoms with van der Waals surface area (Å²) in [6.45, 7) is 5.67. The van der Waals surface area contributed by atoms with E-state index in [4.69, 9.17) is 14.6 Å². The number of carbonyl (C=O) groups is 1. The second kappa shape index (κ2) is 10.2. The zero-order valence-electron chi connectivity index (χ0n) is 12.8. The first-order valence-corrected chi connectivity index (χ1v) is 7.31. The Morgan fingerprint density at radius 3 is 2.86 bits per heavy atom. The standard InChI is InChI=1S/C16H25NO4/c1-13(2)14-5-3-6-15(11-14)21-12-16(19)17-7-4-9-20-10-8-18/h3,5-6,11,13,18H,4,7-10,12H2,1-2H3,(H,17,19). The molecule has 118 valence electrons. The molecule has 0 spiro atoms. The molecule has 0 radical (unpaired) electrons. The fourth-order valence-electron chi connectivity index (χ4n) is 1.73. The Morgan fingerprint density at radius 2 is 2.14 bits per heavy atom. The number of rotatable bonds is 10. The second-order valence-electron chi connectivity index (χ2n) is 5.06. The van der Waals surface area contributed by atoms with Crippen molar-refractivity contribution in [1.29, 1.82) is 0 Å².